The highest BCUT2D eigenvalue weighted by atomic mass is 16.4. The molecule has 6 heteroatoms. The van der Waals surface area contributed by atoms with Crippen molar-refractivity contribution in [3.8, 4) is 0 Å². The maximum Gasteiger partial charge on any atom is 0.335 e. The molecule has 1 aromatic heterocycles. The Morgan fingerprint density at radius 3 is 2.65 bits per heavy atom. The lowest BCUT2D eigenvalue weighted by Gasteiger charge is -2.19. The van der Waals surface area contributed by atoms with Crippen LogP contribution in [0.4, 0.5) is 0 Å². The third-order valence-electron chi connectivity index (χ3n) is 3.86. The van der Waals surface area contributed by atoms with E-state index < -0.39 is 5.97 Å². The Balaban J connectivity index is 1.95. The van der Waals surface area contributed by atoms with Crippen molar-refractivity contribution < 1.29 is 14.7 Å². The molecule has 1 saturated carbocycles. The number of hydrogen-bond acceptors (Lipinski definition) is 4. The van der Waals surface area contributed by atoms with Crippen LogP contribution in [0.2, 0.25) is 0 Å². The summed E-state index contributed by atoms with van der Waals surface area (Å²) in [6.45, 7) is 0. The molecule has 0 atom stereocenters. The highest BCUT2D eigenvalue weighted by Gasteiger charge is 2.24. The second kappa shape index (κ2) is 5.03. The number of benzene rings is 1. The number of aromatic nitrogens is 3. The normalized spacial score (nSPS) is 16.4. The largest absolute Gasteiger partial charge is 0.478 e. The van der Waals surface area contributed by atoms with E-state index in [1.165, 1.54) is 23.2 Å². The molecule has 0 radical (unpaired) electrons. The molecule has 1 heterocycles. The molecule has 1 N–H and O–H groups in total. The van der Waals surface area contributed by atoms with Gasteiger partial charge < -0.3 is 5.11 Å². The first-order valence-electron chi connectivity index (χ1n) is 6.80. The monoisotopic (exact) mass is 273 g/mol. The van der Waals surface area contributed by atoms with Gasteiger partial charge in [-0.05, 0) is 31.0 Å². The second-order valence-electron chi connectivity index (χ2n) is 5.18. The van der Waals surface area contributed by atoms with Gasteiger partial charge in [-0.3, -0.25) is 4.79 Å². The smallest absolute Gasteiger partial charge is 0.335 e. The SMILES string of the molecule is O=C(O)c1ccc2c(c1)nnn2C(=O)C1CCCCC1. The van der Waals surface area contributed by atoms with Gasteiger partial charge in [-0.1, -0.05) is 24.5 Å². The number of carbonyl (C=O) groups is 2. The third-order valence-corrected chi connectivity index (χ3v) is 3.86. The van der Waals surface area contributed by atoms with E-state index in [0.29, 0.717) is 11.0 Å². The number of nitrogens with zero attached hydrogens (tertiary/aromatic N) is 3. The minimum atomic E-state index is -1.01. The summed E-state index contributed by atoms with van der Waals surface area (Å²) in [6.07, 6.45) is 5.13. The Hall–Kier alpha value is -2.24. The molecule has 1 fully saturated rings. The van der Waals surface area contributed by atoms with Crippen molar-refractivity contribution in [2.24, 2.45) is 5.92 Å². The Kier molecular flexibility index (Phi) is 3.22. The standard InChI is InChI=1S/C14H15N3O3/c18-13(9-4-2-1-3-5-9)17-12-7-6-10(14(19)20)8-11(12)15-16-17/h6-9H,1-5H2,(H,19,20). The fourth-order valence-electron chi connectivity index (χ4n) is 2.74. The molecule has 0 bridgehead atoms. The van der Waals surface area contributed by atoms with Crippen molar-refractivity contribution >= 4 is 22.9 Å². The number of aromatic carboxylic acids is 1. The molecule has 20 heavy (non-hydrogen) atoms. The van der Waals surface area contributed by atoms with Crippen molar-refractivity contribution in [2.45, 2.75) is 32.1 Å². The topological polar surface area (TPSA) is 85.1 Å². The molecule has 1 aliphatic carbocycles. The fourth-order valence-corrected chi connectivity index (χ4v) is 2.74. The van der Waals surface area contributed by atoms with Crippen LogP contribution in [0.1, 0.15) is 47.3 Å². The van der Waals surface area contributed by atoms with Crippen LogP contribution in [0, 0.1) is 5.92 Å². The van der Waals surface area contributed by atoms with Gasteiger partial charge in [0.1, 0.15) is 5.52 Å². The predicted octanol–water partition coefficient (Wildman–Crippen LogP) is 2.35. The molecular formula is C14H15N3O3. The van der Waals surface area contributed by atoms with E-state index in [4.69, 9.17) is 5.11 Å². The van der Waals surface area contributed by atoms with Crippen LogP contribution in [0.25, 0.3) is 11.0 Å². The predicted molar refractivity (Wildman–Crippen MR) is 71.7 cm³/mol. The van der Waals surface area contributed by atoms with Crippen LogP contribution in [0.15, 0.2) is 18.2 Å². The Morgan fingerprint density at radius 1 is 1.20 bits per heavy atom. The van der Waals surface area contributed by atoms with Gasteiger partial charge in [0.15, 0.2) is 0 Å². The fraction of sp³-hybridized carbons (Fsp3) is 0.429. The van der Waals surface area contributed by atoms with Crippen LogP contribution in [0.5, 0.6) is 0 Å². The van der Waals surface area contributed by atoms with Gasteiger partial charge in [0.25, 0.3) is 5.91 Å². The van der Waals surface area contributed by atoms with Crippen LogP contribution in [-0.2, 0) is 0 Å². The van der Waals surface area contributed by atoms with E-state index in [-0.39, 0.29) is 17.4 Å². The lowest BCUT2D eigenvalue weighted by Crippen LogP contribution is -2.24. The maximum absolute atomic E-state index is 12.4. The van der Waals surface area contributed by atoms with Crippen LogP contribution in [0.3, 0.4) is 0 Å². The van der Waals surface area contributed by atoms with E-state index >= 15 is 0 Å². The zero-order valence-corrected chi connectivity index (χ0v) is 11.0. The van der Waals surface area contributed by atoms with Gasteiger partial charge in [-0.2, -0.15) is 4.68 Å². The Labute approximate surface area is 115 Å². The molecule has 1 aromatic carbocycles. The quantitative estimate of drug-likeness (QED) is 0.907. The first kappa shape index (κ1) is 12.8. The minimum absolute atomic E-state index is 0.00722. The number of rotatable bonds is 2. The van der Waals surface area contributed by atoms with Crippen molar-refractivity contribution in [2.75, 3.05) is 0 Å². The molecular weight excluding hydrogens is 258 g/mol. The van der Waals surface area contributed by atoms with Gasteiger partial charge in [0, 0.05) is 5.92 Å². The van der Waals surface area contributed by atoms with Crippen molar-refractivity contribution in [1.29, 1.82) is 0 Å². The number of fused-ring (bicyclic) bond motifs is 1. The van der Waals surface area contributed by atoms with Gasteiger partial charge in [-0.25, -0.2) is 4.79 Å². The number of carbonyl (C=O) groups excluding carboxylic acids is 1. The molecule has 0 aliphatic heterocycles. The molecule has 2 aromatic rings. The molecule has 104 valence electrons. The van der Waals surface area contributed by atoms with Gasteiger partial charge in [0.05, 0.1) is 11.1 Å². The van der Waals surface area contributed by atoms with Gasteiger partial charge >= 0.3 is 5.97 Å². The zero-order valence-electron chi connectivity index (χ0n) is 11.0. The number of carboxylic acid groups (broad SMARTS) is 1. The summed E-state index contributed by atoms with van der Waals surface area (Å²) < 4.78 is 1.32. The zero-order chi connectivity index (χ0) is 14.1. The first-order valence-corrected chi connectivity index (χ1v) is 6.80. The minimum Gasteiger partial charge on any atom is -0.478 e. The van der Waals surface area contributed by atoms with Gasteiger partial charge in [0.2, 0.25) is 0 Å². The summed E-state index contributed by atoms with van der Waals surface area (Å²) in [4.78, 5) is 23.3. The highest BCUT2D eigenvalue weighted by Crippen LogP contribution is 2.26. The number of carboxylic acids is 1. The average molecular weight is 273 g/mol. The Bertz CT molecular complexity index is 671. The summed E-state index contributed by atoms with van der Waals surface area (Å²) in [7, 11) is 0. The number of hydrogen-bond donors (Lipinski definition) is 1. The molecule has 0 saturated heterocycles. The summed E-state index contributed by atoms with van der Waals surface area (Å²) in [6, 6.07) is 4.51. The highest BCUT2D eigenvalue weighted by molar-refractivity contribution is 5.95. The summed E-state index contributed by atoms with van der Waals surface area (Å²) >= 11 is 0. The first-order chi connectivity index (χ1) is 9.66. The summed E-state index contributed by atoms with van der Waals surface area (Å²) in [5, 5.41) is 16.7. The molecule has 6 nitrogen and oxygen atoms in total. The van der Waals surface area contributed by atoms with E-state index in [1.807, 2.05) is 0 Å². The lowest BCUT2D eigenvalue weighted by atomic mass is 9.89. The average Bonchev–Trinajstić information content (AvgIpc) is 2.90. The third kappa shape index (κ3) is 2.17. The van der Waals surface area contributed by atoms with Crippen molar-refractivity contribution in [1.82, 2.24) is 15.0 Å². The molecule has 3 rings (SSSR count). The maximum atomic E-state index is 12.4. The van der Waals surface area contributed by atoms with Crippen molar-refractivity contribution in [3.05, 3.63) is 23.8 Å². The van der Waals surface area contributed by atoms with E-state index in [9.17, 15) is 9.59 Å². The molecule has 0 spiro atoms. The van der Waals surface area contributed by atoms with Crippen LogP contribution < -0.4 is 0 Å². The summed E-state index contributed by atoms with van der Waals surface area (Å²) in [5.41, 5.74) is 1.16. The van der Waals surface area contributed by atoms with Crippen LogP contribution >= 0.6 is 0 Å². The summed E-state index contributed by atoms with van der Waals surface area (Å²) in [5.74, 6) is -1.04. The van der Waals surface area contributed by atoms with E-state index in [1.54, 1.807) is 6.07 Å². The van der Waals surface area contributed by atoms with Crippen molar-refractivity contribution in [3.63, 3.8) is 0 Å². The molecule has 0 unspecified atom stereocenters. The second-order valence-corrected chi connectivity index (χ2v) is 5.18. The molecule has 0 amide bonds. The Morgan fingerprint density at radius 2 is 1.95 bits per heavy atom. The molecule has 1 aliphatic rings. The van der Waals surface area contributed by atoms with Gasteiger partial charge in [-0.15, -0.1) is 5.10 Å². The van der Waals surface area contributed by atoms with E-state index in [2.05, 4.69) is 10.3 Å². The van der Waals surface area contributed by atoms with E-state index in [0.717, 1.165) is 25.7 Å². The van der Waals surface area contributed by atoms with Crippen LogP contribution in [-0.4, -0.2) is 32.0 Å². The lowest BCUT2D eigenvalue weighted by molar-refractivity contribution is 0.0696.